The quantitative estimate of drug-likeness (QED) is 0.368. The smallest absolute Gasteiger partial charge is 0.191 e. The summed E-state index contributed by atoms with van der Waals surface area (Å²) in [6, 6.07) is 0. The molecule has 23 heavy (non-hydrogen) atoms. The van der Waals surface area contributed by atoms with E-state index in [1.165, 1.54) is 5.57 Å². The predicted molar refractivity (Wildman–Crippen MR) is 97.0 cm³/mol. The first-order chi connectivity index (χ1) is 11.2. The molecule has 1 aliphatic heterocycles. The van der Waals surface area contributed by atoms with Gasteiger partial charge in [-0.1, -0.05) is 25.5 Å². The summed E-state index contributed by atoms with van der Waals surface area (Å²) >= 11 is 0. The fourth-order valence-corrected chi connectivity index (χ4v) is 2.60. The molecule has 1 unspecified atom stereocenters. The number of hydrogen-bond donors (Lipinski definition) is 2. The SMILES string of the molecule is CCNC(=NCCC(OCC)C(C)C)NCCC1=CCOCC1. The van der Waals surface area contributed by atoms with Gasteiger partial charge in [0.1, 0.15) is 0 Å². The van der Waals surface area contributed by atoms with Crippen LogP contribution in [0.1, 0.15) is 47.0 Å². The molecule has 1 aliphatic rings. The molecule has 5 heteroatoms. The molecule has 0 aromatic carbocycles. The van der Waals surface area contributed by atoms with Gasteiger partial charge in [-0.2, -0.15) is 0 Å². The molecule has 0 fully saturated rings. The molecule has 0 aromatic heterocycles. The van der Waals surface area contributed by atoms with Crippen LogP contribution in [0, 0.1) is 5.92 Å². The molecule has 0 saturated heterocycles. The van der Waals surface area contributed by atoms with Gasteiger partial charge in [0, 0.05) is 26.2 Å². The number of nitrogens with one attached hydrogen (secondary N) is 2. The lowest BCUT2D eigenvalue weighted by molar-refractivity contribution is 0.0266. The number of aliphatic imine (C=N–C) groups is 1. The largest absolute Gasteiger partial charge is 0.378 e. The highest BCUT2D eigenvalue weighted by Crippen LogP contribution is 2.11. The number of ether oxygens (including phenoxy) is 2. The zero-order chi connectivity index (χ0) is 16.9. The maximum Gasteiger partial charge on any atom is 0.191 e. The summed E-state index contributed by atoms with van der Waals surface area (Å²) in [5.41, 5.74) is 1.48. The Morgan fingerprint density at radius 3 is 2.78 bits per heavy atom. The maximum atomic E-state index is 5.78. The van der Waals surface area contributed by atoms with Gasteiger partial charge in [0.25, 0.3) is 0 Å². The minimum atomic E-state index is 0.291. The van der Waals surface area contributed by atoms with E-state index in [0.717, 1.165) is 64.7 Å². The van der Waals surface area contributed by atoms with Crippen LogP contribution < -0.4 is 10.6 Å². The second-order valence-electron chi connectivity index (χ2n) is 6.15. The van der Waals surface area contributed by atoms with Crippen LogP contribution in [-0.2, 0) is 9.47 Å². The van der Waals surface area contributed by atoms with Gasteiger partial charge in [-0.05, 0) is 39.0 Å². The van der Waals surface area contributed by atoms with E-state index in [1.807, 2.05) is 0 Å². The second kappa shape index (κ2) is 12.4. The lowest BCUT2D eigenvalue weighted by Gasteiger charge is -2.20. The van der Waals surface area contributed by atoms with Crippen molar-refractivity contribution in [2.24, 2.45) is 10.9 Å². The molecule has 0 saturated carbocycles. The van der Waals surface area contributed by atoms with Crippen LogP contribution in [0.2, 0.25) is 0 Å². The number of nitrogens with zero attached hydrogens (tertiary/aromatic N) is 1. The fraction of sp³-hybridized carbons (Fsp3) is 0.833. The predicted octanol–water partition coefficient (Wildman–Crippen LogP) is 2.73. The first kappa shape index (κ1) is 20.0. The van der Waals surface area contributed by atoms with Crippen molar-refractivity contribution in [1.82, 2.24) is 10.6 Å². The van der Waals surface area contributed by atoms with Crippen LogP contribution in [0.15, 0.2) is 16.6 Å². The summed E-state index contributed by atoms with van der Waals surface area (Å²) in [6.07, 6.45) is 5.56. The monoisotopic (exact) mass is 325 g/mol. The second-order valence-corrected chi connectivity index (χ2v) is 6.15. The molecular weight excluding hydrogens is 290 g/mol. The zero-order valence-electron chi connectivity index (χ0n) is 15.4. The van der Waals surface area contributed by atoms with E-state index in [0.29, 0.717) is 12.0 Å². The van der Waals surface area contributed by atoms with Gasteiger partial charge in [0.05, 0.1) is 19.3 Å². The van der Waals surface area contributed by atoms with Crippen molar-refractivity contribution in [1.29, 1.82) is 0 Å². The molecule has 1 atom stereocenters. The summed E-state index contributed by atoms with van der Waals surface area (Å²) in [6.45, 7) is 13.5. The molecule has 0 spiro atoms. The molecule has 0 aliphatic carbocycles. The van der Waals surface area contributed by atoms with Crippen molar-refractivity contribution >= 4 is 5.96 Å². The first-order valence-corrected chi connectivity index (χ1v) is 9.06. The Kier molecular flexibility index (Phi) is 10.7. The van der Waals surface area contributed by atoms with E-state index in [1.54, 1.807) is 0 Å². The number of guanidine groups is 1. The van der Waals surface area contributed by atoms with Crippen molar-refractivity contribution in [3.05, 3.63) is 11.6 Å². The van der Waals surface area contributed by atoms with E-state index in [-0.39, 0.29) is 0 Å². The van der Waals surface area contributed by atoms with Crippen molar-refractivity contribution in [3.63, 3.8) is 0 Å². The summed E-state index contributed by atoms with van der Waals surface area (Å²) in [7, 11) is 0. The molecule has 1 heterocycles. The molecule has 2 N–H and O–H groups in total. The Balaban J connectivity index is 2.35. The van der Waals surface area contributed by atoms with Gasteiger partial charge in [0.2, 0.25) is 0 Å². The minimum absolute atomic E-state index is 0.291. The number of hydrogen-bond acceptors (Lipinski definition) is 3. The molecule has 5 nitrogen and oxygen atoms in total. The van der Waals surface area contributed by atoms with E-state index < -0.39 is 0 Å². The normalized spacial score (nSPS) is 17.1. The van der Waals surface area contributed by atoms with E-state index >= 15 is 0 Å². The van der Waals surface area contributed by atoms with Crippen LogP contribution in [0.25, 0.3) is 0 Å². The standard InChI is InChI=1S/C18H35N3O2/c1-5-19-18(20-11-7-16-9-13-22-14-10-16)21-12-8-17(15(3)4)23-6-2/h9,15,17H,5-8,10-14H2,1-4H3,(H2,19,20,21). The lowest BCUT2D eigenvalue weighted by Crippen LogP contribution is -2.38. The Morgan fingerprint density at radius 2 is 2.17 bits per heavy atom. The van der Waals surface area contributed by atoms with Crippen LogP contribution in [0.3, 0.4) is 0 Å². The van der Waals surface area contributed by atoms with Gasteiger partial charge < -0.3 is 20.1 Å². The maximum absolute atomic E-state index is 5.78. The van der Waals surface area contributed by atoms with Gasteiger partial charge in [-0.15, -0.1) is 0 Å². The molecular formula is C18H35N3O2. The van der Waals surface area contributed by atoms with Crippen molar-refractivity contribution in [2.45, 2.75) is 53.1 Å². The zero-order valence-corrected chi connectivity index (χ0v) is 15.4. The fourth-order valence-electron chi connectivity index (χ4n) is 2.60. The van der Waals surface area contributed by atoms with Crippen LogP contribution in [0.4, 0.5) is 0 Å². The average molecular weight is 325 g/mol. The molecule has 0 radical (unpaired) electrons. The topological polar surface area (TPSA) is 54.9 Å². The third-order valence-corrected chi connectivity index (χ3v) is 3.95. The third kappa shape index (κ3) is 8.96. The van der Waals surface area contributed by atoms with Crippen molar-refractivity contribution in [2.75, 3.05) is 39.5 Å². The first-order valence-electron chi connectivity index (χ1n) is 9.06. The van der Waals surface area contributed by atoms with E-state index in [2.05, 4.69) is 49.4 Å². The Labute approximate surface area is 141 Å². The van der Waals surface area contributed by atoms with Gasteiger partial charge in [0.15, 0.2) is 5.96 Å². The van der Waals surface area contributed by atoms with Gasteiger partial charge >= 0.3 is 0 Å². The van der Waals surface area contributed by atoms with Crippen molar-refractivity contribution < 1.29 is 9.47 Å². The van der Waals surface area contributed by atoms with Gasteiger partial charge in [-0.3, -0.25) is 4.99 Å². The molecule has 1 rings (SSSR count). The van der Waals surface area contributed by atoms with Gasteiger partial charge in [-0.25, -0.2) is 0 Å². The number of rotatable bonds is 10. The van der Waals surface area contributed by atoms with Crippen molar-refractivity contribution in [3.8, 4) is 0 Å². The lowest BCUT2D eigenvalue weighted by atomic mass is 10.0. The minimum Gasteiger partial charge on any atom is -0.378 e. The molecule has 0 amide bonds. The third-order valence-electron chi connectivity index (χ3n) is 3.95. The van der Waals surface area contributed by atoms with Crippen LogP contribution in [-0.4, -0.2) is 51.5 Å². The average Bonchev–Trinajstić information content (AvgIpc) is 2.55. The van der Waals surface area contributed by atoms with Crippen LogP contribution >= 0.6 is 0 Å². The molecule has 0 bridgehead atoms. The van der Waals surface area contributed by atoms with Crippen LogP contribution in [0.5, 0.6) is 0 Å². The Bertz CT molecular complexity index is 367. The summed E-state index contributed by atoms with van der Waals surface area (Å²) in [5.74, 6) is 1.43. The highest BCUT2D eigenvalue weighted by Gasteiger charge is 2.12. The van der Waals surface area contributed by atoms with E-state index in [4.69, 9.17) is 9.47 Å². The Morgan fingerprint density at radius 1 is 1.35 bits per heavy atom. The Hall–Kier alpha value is -1.07. The summed E-state index contributed by atoms with van der Waals surface area (Å²) < 4.78 is 11.1. The summed E-state index contributed by atoms with van der Waals surface area (Å²) in [5, 5.41) is 6.73. The molecule has 0 aromatic rings. The molecule has 134 valence electrons. The highest BCUT2D eigenvalue weighted by atomic mass is 16.5. The van der Waals surface area contributed by atoms with E-state index in [9.17, 15) is 0 Å². The summed E-state index contributed by atoms with van der Waals surface area (Å²) in [4.78, 5) is 4.67. The highest BCUT2D eigenvalue weighted by molar-refractivity contribution is 5.79.